The van der Waals surface area contributed by atoms with Crippen molar-refractivity contribution in [3.63, 3.8) is 0 Å². The van der Waals surface area contributed by atoms with Gasteiger partial charge in [-0.05, 0) is 12.5 Å². The molecule has 2 atom stereocenters. The molecule has 0 radical (unpaired) electrons. The second-order valence-corrected chi connectivity index (χ2v) is 3.67. The molecule has 88 valence electrons. The van der Waals surface area contributed by atoms with Crippen molar-refractivity contribution in [3.05, 3.63) is 48.0 Å². The van der Waals surface area contributed by atoms with Gasteiger partial charge in [-0.15, -0.1) is 0 Å². The maximum atomic E-state index is 9.68. The molecule has 0 saturated carbocycles. The van der Waals surface area contributed by atoms with E-state index in [0.29, 0.717) is 6.54 Å². The Balaban J connectivity index is 2.46. The SMILES string of the molecule is C/C=C/[C@@H](O)[C@H](CO)NCc1ccccc1. The molecular weight excluding hydrogens is 202 g/mol. The van der Waals surface area contributed by atoms with Crippen LogP contribution in [-0.2, 0) is 6.54 Å². The highest BCUT2D eigenvalue weighted by Gasteiger charge is 2.14. The van der Waals surface area contributed by atoms with Crippen LogP contribution in [0.1, 0.15) is 12.5 Å². The summed E-state index contributed by atoms with van der Waals surface area (Å²) >= 11 is 0. The topological polar surface area (TPSA) is 52.5 Å². The fraction of sp³-hybridized carbons (Fsp3) is 0.385. The highest BCUT2D eigenvalue weighted by molar-refractivity contribution is 5.14. The van der Waals surface area contributed by atoms with Crippen LogP contribution in [0.2, 0.25) is 0 Å². The molecule has 1 aromatic rings. The van der Waals surface area contributed by atoms with Gasteiger partial charge in [0.15, 0.2) is 0 Å². The second-order valence-electron chi connectivity index (χ2n) is 3.67. The van der Waals surface area contributed by atoms with Crippen molar-refractivity contribution in [2.45, 2.75) is 25.6 Å². The molecule has 0 heterocycles. The van der Waals surface area contributed by atoms with Gasteiger partial charge >= 0.3 is 0 Å². The first-order valence-electron chi connectivity index (χ1n) is 5.47. The first-order valence-corrected chi connectivity index (χ1v) is 5.47. The van der Waals surface area contributed by atoms with Crippen LogP contribution >= 0.6 is 0 Å². The van der Waals surface area contributed by atoms with E-state index < -0.39 is 6.10 Å². The van der Waals surface area contributed by atoms with E-state index in [-0.39, 0.29) is 12.6 Å². The smallest absolute Gasteiger partial charge is 0.0896 e. The molecule has 1 rings (SSSR count). The van der Waals surface area contributed by atoms with E-state index in [1.54, 1.807) is 12.2 Å². The predicted octanol–water partition coefficient (Wildman–Crippen LogP) is 1.07. The lowest BCUT2D eigenvalue weighted by molar-refractivity contribution is 0.122. The molecule has 0 aliphatic carbocycles. The third kappa shape index (κ3) is 4.14. The van der Waals surface area contributed by atoms with Crippen LogP contribution < -0.4 is 5.32 Å². The maximum absolute atomic E-state index is 9.68. The molecule has 3 nitrogen and oxygen atoms in total. The first-order chi connectivity index (χ1) is 7.77. The molecule has 1 aromatic carbocycles. The zero-order chi connectivity index (χ0) is 11.8. The Kier molecular flexibility index (Phi) is 5.78. The Morgan fingerprint density at radius 1 is 1.31 bits per heavy atom. The molecule has 0 saturated heterocycles. The molecule has 0 aromatic heterocycles. The van der Waals surface area contributed by atoms with E-state index in [4.69, 9.17) is 5.11 Å². The Bertz CT molecular complexity index is 311. The van der Waals surface area contributed by atoms with Gasteiger partial charge in [0.25, 0.3) is 0 Å². The highest BCUT2D eigenvalue weighted by Crippen LogP contribution is 2.01. The van der Waals surface area contributed by atoms with E-state index in [9.17, 15) is 5.11 Å². The van der Waals surface area contributed by atoms with E-state index in [2.05, 4.69) is 5.32 Å². The zero-order valence-electron chi connectivity index (χ0n) is 9.50. The summed E-state index contributed by atoms with van der Waals surface area (Å²) in [5, 5.41) is 21.9. The van der Waals surface area contributed by atoms with Gasteiger partial charge in [-0.3, -0.25) is 0 Å². The summed E-state index contributed by atoms with van der Waals surface area (Å²) in [6.07, 6.45) is 2.79. The average Bonchev–Trinajstić information content (AvgIpc) is 2.31. The van der Waals surface area contributed by atoms with Crippen LogP contribution in [0.4, 0.5) is 0 Å². The summed E-state index contributed by atoms with van der Waals surface area (Å²) in [5.74, 6) is 0. The summed E-state index contributed by atoms with van der Waals surface area (Å²) in [5.41, 5.74) is 1.13. The largest absolute Gasteiger partial charge is 0.395 e. The Labute approximate surface area is 96.4 Å². The van der Waals surface area contributed by atoms with Crippen LogP contribution in [0, 0.1) is 0 Å². The Hall–Kier alpha value is -1.16. The summed E-state index contributed by atoms with van der Waals surface area (Å²) < 4.78 is 0. The van der Waals surface area contributed by atoms with Crippen molar-refractivity contribution in [1.82, 2.24) is 5.32 Å². The van der Waals surface area contributed by atoms with Crippen LogP contribution in [0.15, 0.2) is 42.5 Å². The third-order valence-electron chi connectivity index (χ3n) is 2.41. The maximum Gasteiger partial charge on any atom is 0.0896 e. The third-order valence-corrected chi connectivity index (χ3v) is 2.41. The lowest BCUT2D eigenvalue weighted by Gasteiger charge is -2.19. The second kappa shape index (κ2) is 7.17. The molecule has 0 unspecified atom stereocenters. The van der Waals surface area contributed by atoms with Gasteiger partial charge < -0.3 is 15.5 Å². The van der Waals surface area contributed by atoms with Crippen LogP contribution in [0.25, 0.3) is 0 Å². The van der Waals surface area contributed by atoms with Crippen LogP contribution in [0.5, 0.6) is 0 Å². The quantitative estimate of drug-likeness (QED) is 0.630. The van der Waals surface area contributed by atoms with E-state index >= 15 is 0 Å². The molecule has 0 aliphatic heterocycles. The van der Waals surface area contributed by atoms with Gasteiger partial charge in [0.1, 0.15) is 0 Å². The van der Waals surface area contributed by atoms with Gasteiger partial charge in [0.05, 0.1) is 18.8 Å². The van der Waals surface area contributed by atoms with Crippen molar-refractivity contribution in [3.8, 4) is 0 Å². The predicted molar refractivity (Wildman–Crippen MR) is 65.0 cm³/mol. The fourth-order valence-electron chi connectivity index (χ4n) is 1.47. The monoisotopic (exact) mass is 221 g/mol. The van der Waals surface area contributed by atoms with Crippen molar-refractivity contribution in [2.75, 3.05) is 6.61 Å². The van der Waals surface area contributed by atoms with Gasteiger partial charge in [0.2, 0.25) is 0 Å². The molecule has 0 amide bonds. The molecule has 3 heteroatoms. The van der Waals surface area contributed by atoms with Crippen LogP contribution in [-0.4, -0.2) is 29.0 Å². The first kappa shape index (κ1) is 12.9. The number of hydrogen-bond donors (Lipinski definition) is 3. The minimum absolute atomic E-state index is 0.0850. The van der Waals surface area contributed by atoms with Crippen molar-refractivity contribution < 1.29 is 10.2 Å². The molecule has 16 heavy (non-hydrogen) atoms. The zero-order valence-corrected chi connectivity index (χ0v) is 9.50. The van der Waals surface area contributed by atoms with Crippen molar-refractivity contribution in [2.24, 2.45) is 0 Å². The average molecular weight is 221 g/mol. The minimum Gasteiger partial charge on any atom is -0.395 e. The number of aliphatic hydroxyl groups is 2. The normalized spacial score (nSPS) is 15.2. The van der Waals surface area contributed by atoms with E-state index in [1.807, 2.05) is 37.3 Å². The molecular formula is C13H19NO2. The number of rotatable bonds is 6. The van der Waals surface area contributed by atoms with E-state index in [0.717, 1.165) is 5.56 Å². The Morgan fingerprint density at radius 2 is 2.00 bits per heavy atom. The van der Waals surface area contributed by atoms with Crippen molar-refractivity contribution in [1.29, 1.82) is 0 Å². The number of benzene rings is 1. The molecule has 0 bridgehead atoms. The summed E-state index contributed by atoms with van der Waals surface area (Å²) in [7, 11) is 0. The van der Waals surface area contributed by atoms with Gasteiger partial charge in [-0.2, -0.15) is 0 Å². The van der Waals surface area contributed by atoms with Crippen LogP contribution in [0.3, 0.4) is 0 Å². The molecule has 0 fully saturated rings. The Morgan fingerprint density at radius 3 is 2.56 bits per heavy atom. The highest BCUT2D eigenvalue weighted by atomic mass is 16.3. The number of aliphatic hydroxyl groups excluding tert-OH is 2. The summed E-state index contributed by atoms with van der Waals surface area (Å²) in [6.45, 7) is 2.40. The van der Waals surface area contributed by atoms with Crippen molar-refractivity contribution >= 4 is 0 Å². The lowest BCUT2D eigenvalue weighted by Crippen LogP contribution is -2.41. The summed E-state index contributed by atoms with van der Waals surface area (Å²) in [4.78, 5) is 0. The number of allylic oxidation sites excluding steroid dienone is 1. The molecule has 0 spiro atoms. The number of nitrogens with one attached hydrogen (secondary N) is 1. The standard InChI is InChI=1S/C13H19NO2/c1-2-6-13(16)12(10-15)14-9-11-7-4-3-5-8-11/h2-8,12-16H,9-10H2,1H3/b6-2+/t12-,13+/m0/s1. The number of hydrogen-bond acceptors (Lipinski definition) is 3. The van der Waals surface area contributed by atoms with Gasteiger partial charge in [-0.25, -0.2) is 0 Å². The van der Waals surface area contributed by atoms with Gasteiger partial charge in [-0.1, -0.05) is 42.5 Å². The fourth-order valence-corrected chi connectivity index (χ4v) is 1.47. The molecule has 0 aliphatic rings. The van der Waals surface area contributed by atoms with Gasteiger partial charge in [0, 0.05) is 6.54 Å². The minimum atomic E-state index is -0.654. The lowest BCUT2D eigenvalue weighted by atomic mass is 10.1. The summed E-state index contributed by atoms with van der Waals surface area (Å²) in [6, 6.07) is 9.58. The molecule has 3 N–H and O–H groups in total. The van der Waals surface area contributed by atoms with E-state index in [1.165, 1.54) is 0 Å².